The van der Waals surface area contributed by atoms with Crippen LogP contribution < -0.4 is 0 Å². The molecule has 0 aliphatic carbocycles. The first-order valence-corrected chi connectivity index (χ1v) is 7.13. The van der Waals surface area contributed by atoms with Crippen molar-refractivity contribution in [2.24, 2.45) is 0 Å². The number of hydrogen-bond donors (Lipinski definition) is 1. The van der Waals surface area contributed by atoms with Crippen molar-refractivity contribution in [3.05, 3.63) is 51.8 Å². The van der Waals surface area contributed by atoms with Gasteiger partial charge in [0.1, 0.15) is 10.7 Å². The molecule has 0 aliphatic rings. The van der Waals surface area contributed by atoms with Gasteiger partial charge in [-0.15, -0.1) is 0 Å². The zero-order valence-corrected chi connectivity index (χ0v) is 13.4. The smallest absolute Gasteiger partial charge is 0.340 e. The van der Waals surface area contributed by atoms with Crippen LogP contribution in [0.5, 0.6) is 0 Å². The Hall–Kier alpha value is -1.81. The molecule has 4 nitrogen and oxygen atoms in total. The van der Waals surface area contributed by atoms with E-state index in [9.17, 15) is 9.90 Å². The molecule has 1 aromatic heterocycles. The van der Waals surface area contributed by atoms with Gasteiger partial charge in [0.05, 0.1) is 12.2 Å². The maximum Gasteiger partial charge on any atom is 0.340 e. The van der Waals surface area contributed by atoms with Crippen molar-refractivity contribution in [2.75, 3.05) is 0 Å². The van der Waals surface area contributed by atoms with Crippen LogP contribution in [0.4, 0.5) is 0 Å². The fourth-order valence-electron chi connectivity index (χ4n) is 2.24. The molecule has 2 rings (SSSR count). The minimum Gasteiger partial charge on any atom is -0.478 e. The third-order valence-corrected chi connectivity index (χ3v) is 3.61. The Kier molecular flexibility index (Phi) is 4.10. The van der Waals surface area contributed by atoms with Crippen LogP contribution in [0, 0.1) is 6.92 Å². The third-order valence-electron chi connectivity index (χ3n) is 3.23. The van der Waals surface area contributed by atoms with Gasteiger partial charge >= 0.3 is 5.97 Å². The second-order valence-corrected chi connectivity index (χ2v) is 6.57. The first-order valence-electron chi connectivity index (χ1n) is 6.76. The normalized spacial score (nSPS) is 11.7. The summed E-state index contributed by atoms with van der Waals surface area (Å²) in [7, 11) is 0. The molecular weight excluding hydrogens is 288 g/mol. The quantitative estimate of drug-likeness (QED) is 0.936. The number of hydrogen-bond acceptors (Lipinski definition) is 2. The summed E-state index contributed by atoms with van der Waals surface area (Å²) in [6.45, 7) is 8.24. The van der Waals surface area contributed by atoms with Crippen LogP contribution in [0.15, 0.2) is 24.3 Å². The summed E-state index contributed by atoms with van der Waals surface area (Å²) in [6, 6.07) is 7.99. The van der Waals surface area contributed by atoms with Crippen LogP contribution in [0.1, 0.15) is 48.0 Å². The summed E-state index contributed by atoms with van der Waals surface area (Å²) in [5.74, 6) is -1.04. The van der Waals surface area contributed by atoms with E-state index in [1.54, 1.807) is 4.68 Å². The van der Waals surface area contributed by atoms with Crippen molar-refractivity contribution in [1.29, 1.82) is 0 Å². The summed E-state index contributed by atoms with van der Waals surface area (Å²) >= 11 is 6.24. The first kappa shape index (κ1) is 15.6. The Morgan fingerprint density at radius 3 is 2.52 bits per heavy atom. The minimum absolute atomic E-state index is 0.0943. The largest absolute Gasteiger partial charge is 0.478 e. The lowest BCUT2D eigenvalue weighted by atomic mass is 9.89. The molecule has 0 saturated heterocycles. The van der Waals surface area contributed by atoms with Crippen molar-refractivity contribution in [3.8, 4) is 0 Å². The summed E-state index contributed by atoms with van der Waals surface area (Å²) in [6.07, 6.45) is 0. The van der Waals surface area contributed by atoms with E-state index in [1.807, 2.05) is 52.0 Å². The molecular formula is C16H19ClN2O2. The molecule has 0 fully saturated rings. The molecule has 0 unspecified atom stereocenters. The molecule has 0 bridgehead atoms. The van der Waals surface area contributed by atoms with E-state index in [1.165, 1.54) is 0 Å². The number of carboxylic acid groups (broad SMARTS) is 1. The van der Waals surface area contributed by atoms with Crippen molar-refractivity contribution >= 4 is 17.6 Å². The highest BCUT2D eigenvalue weighted by Gasteiger charge is 2.29. The third kappa shape index (κ3) is 3.27. The molecule has 1 aromatic carbocycles. The highest BCUT2D eigenvalue weighted by Crippen LogP contribution is 2.30. The lowest BCUT2D eigenvalue weighted by molar-refractivity contribution is 0.0694. The molecule has 1 heterocycles. The zero-order chi connectivity index (χ0) is 15.8. The van der Waals surface area contributed by atoms with E-state index in [4.69, 9.17) is 11.6 Å². The standard InChI is InChI=1S/C16H19ClN2O2/c1-10-6-5-7-11(8-10)9-19-14(17)12(15(20)21)13(18-19)16(2,3)4/h5-8H,9H2,1-4H3,(H,20,21). The maximum atomic E-state index is 11.5. The van der Waals surface area contributed by atoms with Crippen LogP contribution in [0.3, 0.4) is 0 Å². The number of aromatic carboxylic acids is 1. The van der Waals surface area contributed by atoms with E-state index < -0.39 is 5.97 Å². The molecule has 2 aromatic rings. The lowest BCUT2D eigenvalue weighted by Gasteiger charge is -2.15. The van der Waals surface area contributed by atoms with Crippen LogP contribution >= 0.6 is 11.6 Å². The maximum absolute atomic E-state index is 11.5. The number of benzene rings is 1. The lowest BCUT2D eigenvalue weighted by Crippen LogP contribution is -2.17. The Morgan fingerprint density at radius 1 is 1.38 bits per heavy atom. The number of carboxylic acids is 1. The van der Waals surface area contributed by atoms with E-state index in [2.05, 4.69) is 5.10 Å². The zero-order valence-electron chi connectivity index (χ0n) is 12.6. The second-order valence-electron chi connectivity index (χ2n) is 6.22. The molecule has 0 spiro atoms. The van der Waals surface area contributed by atoms with E-state index in [0.29, 0.717) is 12.2 Å². The summed E-state index contributed by atoms with van der Waals surface area (Å²) in [4.78, 5) is 11.5. The number of aromatic nitrogens is 2. The molecule has 0 atom stereocenters. The highest BCUT2D eigenvalue weighted by molar-refractivity contribution is 6.32. The minimum atomic E-state index is -1.04. The Labute approximate surface area is 129 Å². The van der Waals surface area contributed by atoms with E-state index in [0.717, 1.165) is 11.1 Å². The van der Waals surface area contributed by atoms with Crippen LogP contribution in [-0.2, 0) is 12.0 Å². The summed E-state index contributed by atoms with van der Waals surface area (Å²) in [5.41, 5.74) is 2.40. The van der Waals surface area contributed by atoms with Gasteiger partial charge in [0, 0.05) is 5.41 Å². The summed E-state index contributed by atoms with van der Waals surface area (Å²) in [5, 5.41) is 14.0. The van der Waals surface area contributed by atoms with Crippen molar-refractivity contribution in [1.82, 2.24) is 9.78 Å². The van der Waals surface area contributed by atoms with Gasteiger partial charge in [-0.3, -0.25) is 0 Å². The molecule has 0 saturated carbocycles. The highest BCUT2D eigenvalue weighted by atomic mass is 35.5. The average Bonchev–Trinajstić information content (AvgIpc) is 2.67. The number of aryl methyl sites for hydroxylation is 1. The van der Waals surface area contributed by atoms with E-state index >= 15 is 0 Å². The van der Waals surface area contributed by atoms with Gasteiger partial charge < -0.3 is 5.11 Å². The van der Waals surface area contributed by atoms with Gasteiger partial charge in [0.25, 0.3) is 0 Å². The summed E-state index contributed by atoms with van der Waals surface area (Å²) < 4.78 is 1.56. The van der Waals surface area contributed by atoms with Gasteiger partial charge in [0.2, 0.25) is 0 Å². The number of carbonyl (C=O) groups is 1. The molecule has 5 heteroatoms. The van der Waals surface area contributed by atoms with Crippen LogP contribution in [-0.4, -0.2) is 20.9 Å². The van der Waals surface area contributed by atoms with Gasteiger partial charge in [-0.05, 0) is 12.5 Å². The fourth-order valence-corrected chi connectivity index (χ4v) is 2.51. The first-order chi connectivity index (χ1) is 9.70. The Balaban J connectivity index is 2.48. The number of rotatable bonds is 3. The van der Waals surface area contributed by atoms with E-state index in [-0.39, 0.29) is 16.1 Å². The second kappa shape index (κ2) is 5.53. The molecule has 0 aliphatic heterocycles. The molecule has 0 amide bonds. The van der Waals surface area contributed by atoms with Gasteiger partial charge in [-0.2, -0.15) is 5.10 Å². The molecule has 0 radical (unpaired) electrons. The SMILES string of the molecule is Cc1cccc(Cn2nc(C(C)(C)C)c(C(=O)O)c2Cl)c1. The number of nitrogens with zero attached hydrogens (tertiary/aromatic N) is 2. The Morgan fingerprint density at radius 2 is 2.05 bits per heavy atom. The van der Waals surface area contributed by atoms with Crippen molar-refractivity contribution in [3.63, 3.8) is 0 Å². The van der Waals surface area contributed by atoms with Gasteiger partial charge in [-0.1, -0.05) is 62.2 Å². The topological polar surface area (TPSA) is 55.1 Å². The van der Waals surface area contributed by atoms with Crippen LogP contribution in [0.2, 0.25) is 5.15 Å². The van der Waals surface area contributed by atoms with Crippen molar-refractivity contribution < 1.29 is 9.90 Å². The predicted molar refractivity (Wildman–Crippen MR) is 83.2 cm³/mol. The molecule has 1 N–H and O–H groups in total. The molecule has 112 valence electrons. The van der Waals surface area contributed by atoms with Gasteiger partial charge in [0.15, 0.2) is 0 Å². The monoisotopic (exact) mass is 306 g/mol. The average molecular weight is 307 g/mol. The van der Waals surface area contributed by atoms with Crippen molar-refractivity contribution in [2.45, 2.75) is 39.7 Å². The molecule has 21 heavy (non-hydrogen) atoms. The van der Waals surface area contributed by atoms with Crippen LogP contribution in [0.25, 0.3) is 0 Å². The van der Waals surface area contributed by atoms with Gasteiger partial charge in [-0.25, -0.2) is 9.48 Å². The Bertz CT molecular complexity index is 684. The predicted octanol–water partition coefficient (Wildman–Crippen LogP) is 3.89. The fraction of sp³-hybridized carbons (Fsp3) is 0.375. The number of halogens is 1.